The van der Waals surface area contributed by atoms with Gasteiger partial charge in [-0.15, -0.1) is 0 Å². The van der Waals surface area contributed by atoms with E-state index in [1.807, 2.05) is 85.2 Å². The fraction of sp³-hybridized carbons (Fsp3) is 0.0800. The van der Waals surface area contributed by atoms with Crippen LogP contribution in [-0.2, 0) is 6.42 Å². The van der Waals surface area contributed by atoms with E-state index in [0.717, 1.165) is 103 Å². The molecule has 8 heteroatoms. The van der Waals surface area contributed by atoms with Crippen molar-refractivity contribution < 1.29 is 0 Å². The largest absolute Gasteiger partial charge is 0.359 e. The average Bonchev–Trinajstić information content (AvgIpc) is 3.31. The number of hydrogen-bond donors (Lipinski definition) is 2. The van der Waals surface area contributed by atoms with Crippen LogP contribution in [-0.4, -0.2) is 31.5 Å². The summed E-state index contributed by atoms with van der Waals surface area (Å²) >= 11 is 0. The molecule has 0 radical (unpaired) electrons. The lowest BCUT2D eigenvalue weighted by Crippen LogP contribution is -2.31. The zero-order chi connectivity index (χ0) is 38.4. The molecule has 8 aromatic rings. The van der Waals surface area contributed by atoms with Crippen molar-refractivity contribution in [2.45, 2.75) is 25.0 Å². The van der Waals surface area contributed by atoms with Gasteiger partial charge in [0.15, 0.2) is 11.6 Å². The summed E-state index contributed by atoms with van der Waals surface area (Å²) in [5.41, 5.74) is 14.4. The molecule has 2 aliphatic heterocycles. The zero-order valence-electron chi connectivity index (χ0n) is 31.4. The molecule has 2 N–H and O–H groups in total. The third-order valence-electron chi connectivity index (χ3n) is 11.2. The number of hydrogen-bond acceptors (Lipinski definition) is 8. The van der Waals surface area contributed by atoms with Crippen molar-refractivity contribution in [2.75, 3.05) is 5.32 Å². The minimum absolute atomic E-state index is 0.284. The summed E-state index contributed by atoms with van der Waals surface area (Å²) in [5.74, 6) is 2.24. The highest BCUT2D eigenvalue weighted by molar-refractivity contribution is 6.18. The van der Waals surface area contributed by atoms with E-state index >= 15 is 0 Å². The fourth-order valence-corrected chi connectivity index (χ4v) is 8.31. The van der Waals surface area contributed by atoms with E-state index in [1.54, 1.807) is 0 Å². The Balaban J connectivity index is 1.03. The molecule has 8 nitrogen and oxygen atoms in total. The molecule has 0 amide bonds. The molecule has 0 fully saturated rings. The molecule has 2 atom stereocenters. The maximum atomic E-state index is 5.45. The Bertz CT molecular complexity index is 2940. The van der Waals surface area contributed by atoms with E-state index < -0.39 is 0 Å². The maximum Gasteiger partial charge on any atom is 0.159 e. The molecule has 6 aromatic carbocycles. The topological polar surface area (TPSA) is 100 Å². The smallest absolute Gasteiger partial charge is 0.159 e. The summed E-state index contributed by atoms with van der Waals surface area (Å²) in [6, 6.07) is 53.7. The molecular weight excluding hydrogens is 713 g/mol. The first-order chi connectivity index (χ1) is 28.7. The van der Waals surface area contributed by atoms with Gasteiger partial charge in [0.25, 0.3) is 0 Å². The molecule has 0 saturated carbocycles. The van der Waals surface area contributed by atoms with Gasteiger partial charge in [-0.3, -0.25) is 9.98 Å². The fourth-order valence-electron chi connectivity index (χ4n) is 8.31. The van der Waals surface area contributed by atoms with Crippen LogP contribution < -0.4 is 10.6 Å². The van der Waals surface area contributed by atoms with Gasteiger partial charge in [0.2, 0.25) is 0 Å². The average molecular weight is 749 g/mol. The van der Waals surface area contributed by atoms with E-state index in [1.165, 1.54) is 5.57 Å². The lowest BCUT2D eigenvalue weighted by molar-refractivity contribution is 0.648. The second kappa shape index (κ2) is 14.2. The molecular formula is C50H36N8. The molecule has 4 heterocycles. The van der Waals surface area contributed by atoms with Gasteiger partial charge in [0.05, 0.1) is 28.3 Å². The first-order valence-electron chi connectivity index (χ1n) is 19.6. The number of fused-ring (bicyclic) bond motifs is 5. The number of aliphatic imine (C=N–C) groups is 2. The predicted molar refractivity (Wildman–Crippen MR) is 231 cm³/mol. The van der Waals surface area contributed by atoms with Crippen molar-refractivity contribution in [3.8, 4) is 22.8 Å². The Hall–Kier alpha value is -7.58. The van der Waals surface area contributed by atoms with E-state index in [9.17, 15) is 0 Å². The molecule has 1 aliphatic carbocycles. The van der Waals surface area contributed by atoms with Crippen molar-refractivity contribution in [3.63, 3.8) is 0 Å². The number of rotatable bonds is 6. The minimum Gasteiger partial charge on any atom is -0.359 e. The van der Waals surface area contributed by atoms with Crippen molar-refractivity contribution in [2.24, 2.45) is 9.98 Å². The Kier molecular flexibility index (Phi) is 8.24. The van der Waals surface area contributed by atoms with E-state index in [4.69, 9.17) is 29.9 Å². The highest BCUT2D eigenvalue weighted by Gasteiger charge is 2.32. The summed E-state index contributed by atoms with van der Waals surface area (Å²) in [5, 5.41) is 8.45. The van der Waals surface area contributed by atoms with Crippen LogP contribution in [0.5, 0.6) is 0 Å². The summed E-state index contributed by atoms with van der Waals surface area (Å²) in [7, 11) is 0. The van der Waals surface area contributed by atoms with E-state index in [-0.39, 0.29) is 12.2 Å². The number of benzene rings is 6. The molecule has 2 aromatic heterocycles. The molecule has 58 heavy (non-hydrogen) atoms. The Labute approximate surface area is 335 Å². The maximum absolute atomic E-state index is 5.45. The quantitative estimate of drug-likeness (QED) is 0.176. The highest BCUT2D eigenvalue weighted by atomic mass is 15.1. The second-order valence-electron chi connectivity index (χ2n) is 14.7. The molecule has 3 aliphatic rings. The number of nitrogens with zero attached hydrogens (tertiary/aromatic N) is 6. The number of nitrogens with one attached hydrogen (secondary N) is 2. The molecule has 0 bridgehead atoms. The molecule has 0 saturated heterocycles. The van der Waals surface area contributed by atoms with Crippen LogP contribution in [0.1, 0.15) is 57.7 Å². The van der Waals surface area contributed by atoms with Crippen LogP contribution in [0.15, 0.2) is 186 Å². The first-order valence-corrected chi connectivity index (χ1v) is 19.6. The van der Waals surface area contributed by atoms with Crippen LogP contribution >= 0.6 is 0 Å². The zero-order valence-corrected chi connectivity index (χ0v) is 31.4. The van der Waals surface area contributed by atoms with Crippen LogP contribution in [0.25, 0.3) is 39.4 Å². The Morgan fingerprint density at radius 2 is 1.17 bits per heavy atom. The second-order valence-corrected chi connectivity index (χ2v) is 14.7. The van der Waals surface area contributed by atoms with Gasteiger partial charge in [-0.2, -0.15) is 0 Å². The van der Waals surface area contributed by atoms with Crippen LogP contribution in [0.3, 0.4) is 0 Å². The lowest BCUT2D eigenvalue weighted by atomic mass is 9.85. The van der Waals surface area contributed by atoms with E-state index in [0.29, 0.717) is 5.82 Å². The van der Waals surface area contributed by atoms with Gasteiger partial charge in [-0.1, -0.05) is 146 Å². The molecule has 276 valence electrons. The van der Waals surface area contributed by atoms with Gasteiger partial charge in [-0.25, -0.2) is 19.9 Å². The van der Waals surface area contributed by atoms with Crippen LogP contribution in [0.4, 0.5) is 5.69 Å². The number of amidine groups is 1. The van der Waals surface area contributed by atoms with Crippen molar-refractivity contribution in [3.05, 3.63) is 215 Å². The van der Waals surface area contributed by atoms with Gasteiger partial charge in [-0.05, 0) is 36.1 Å². The summed E-state index contributed by atoms with van der Waals surface area (Å²) in [6.45, 7) is 0. The number of aryl methyl sites for hydroxylation is 1. The van der Waals surface area contributed by atoms with Crippen molar-refractivity contribution >= 4 is 33.8 Å². The third-order valence-corrected chi connectivity index (χ3v) is 11.2. The monoisotopic (exact) mass is 748 g/mol. The minimum atomic E-state index is -0.290. The predicted octanol–water partition coefficient (Wildman–Crippen LogP) is 10.2. The van der Waals surface area contributed by atoms with Gasteiger partial charge in [0.1, 0.15) is 18.0 Å². The SMILES string of the molecule is c1ccc(C2=NC(c3cccc(C4=NC(c5ccccc5)NC5=C4CCc4nc(-c6ccccc6)ncc45)c3)c3ccc4nc(-c5ccccc5)ncc4c3N2)cc1. The third kappa shape index (κ3) is 6.03. The van der Waals surface area contributed by atoms with Crippen molar-refractivity contribution in [1.82, 2.24) is 25.3 Å². The molecule has 11 rings (SSSR count). The normalized spacial score (nSPS) is 16.9. The number of aromatic nitrogens is 4. The van der Waals surface area contributed by atoms with Gasteiger partial charge < -0.3 is 10.6 Å². The number of anilines is 1. The first kappa shape index (κ1) is 33.7. The van der Waals surface area contributed by atoms with Gasteiger partial charge in [0, 0.05) is 56.7 Å². The molecule has 2 unspecified atom stereocenters. The van der Waals surface area contributed by atoms with Gasteiger partial charge >= 0.3 is 0 Å². The highest BCUT2D eigenvalue weighted by Crippen LogP contribution is 2.42. The summed E-state index contributed by atoms with van der Waals surface area (Å²) in [6.07, 6.45) is 5.23. The molecule has 0 spiro atoms. The number of allylic oxidation sites excluding steroid dienone is 1. The standard InChI is InChI=1S/C50H36N8/c1-5-14-31(15-6-1)47-51-29-39-41(53-47)26-24-37-43(55-49(57-45(37)39)33-18-9-3-10-19-33)35-22-13-23-36(28-35)44-38-25-27-42-40(30-52-48(54-42)32-16-7-2-8-17-32)46(38)58-50(56-44)34-20-11-4-12-21-34/h1-24,26,28-30,43,50,58H,25,27H2,(H,55,57). The lowest BCUT2D eigenvalue weighted by Gasteiger charge is -2.32. The summed E-state index contributed by atoms with van der Waals surface area (Å²) < 4.78 is 0. The van der Waals surface area contributed by atoms with Crippen LogP contribution in [0, 0.1) is 0 Å². The summed E-state index contributed by atoms with van der Waals surface area (Å²) in [4.78, 5) is 30.7. The Morgan fingerprint density at radius 3 is 1.91 bits per heavy atom. The Morgan fingerprint density at radius 1 is 0.534 bits per heavy atom. The van der Waals surface area contributed by atoms with Crippen molar-refractivity contribution in [1.29, 1.82) is 0 Å². The van der Waals surface area contributed by atoms with E-state index in [2.05, 4.69) is 95.6 Å². The van der Waals surface area contributed by atoms with Crippen LogP contribution in [0.2, 0.25) is 0 Å².